The summed E-state index contributed by atoms with van der Waals surface area (Å²) in [5.74, 6) is 0. The van der Waals surface area contributed by atoms with E-state index in [9.17, 15) is 4.79 Å². The van der Waals surface area contributed by atoms with E-state index in [-0.39, 0.29) is 0 Å². The molecule has 0 spiro atoms. The second kappa shape index (κ2) is 4.63. The lowest BCUT2D eigenvalue weighted by Crippen LogP contribution is -2.31. The van der Waals surface area contributed by atoms with E-state index in [0.717, 1.165) is 3.79 Å². The first-order valence-corrected chi connectivity index (χ1v) is 6.05. The van der Waals surface area contributed by atoms with E-state index in [2.05, 4.69) is 20.9 Å². The van der Waals surface area contributed by atoms with Crippen LogP contribution in [-0.2, 0) is 0 Å². The van der Waals surface area contributed by atoms with E-state index in [1.54, 1.807) is 18.3 Å². The van der Waals surface area contributed by atoms with Gasteiger partial charge in [-0.1, -0.05) is 29.5 Å². The number of halogens is 1. The number of amides is 2. The largest absolute Gasteiger partial charge is 0.351 e. The standard InChI is InChI=1S/C10H8BrN3OS/c11-8-6-13-10(16-8)14(9(12)15)7-4-2-1-3-5-7/h1-6H,(H2,12,15). The highest BCUT2D eigenvalue weighted by molar-refractivity contribution is 9.11. The molecule has 16 heavy (non-hydrogen) atoms. The number of carbonyl (C=O) groups is 1. The summed E-state index contributed by atoms with van der Waals surface area (Å²) in [4.78, 5) is 16.9. The van der Waals surface area contributed by atoms with Crippen LogP contribution in [0.25, 0.3) is 0 Å². The highest BCUT2D eigenvalue weighted by Crippen LogP contribution is 2.31. The number of aromatic nitrogens is 1. The van der Waals surface area contributed by atoms with Crippen LogP contribution in [0.3, 0.4) is 0 Å². The van der Waals surface area contributed by atoms with Gasteiger partial charge in [0.1, 0.15) is 0 Å². The van der Waals surface area contributed by atoms with Crippen LogP contribution in [0.4, 0.5) is 15.6 Å². The Morgan fingerprint density at radius 2 is 2.06 bits per heavy atom. The molecule has 0 aliphatic rings. The molecule has 4 nitrogen and oxygen atoms in total. The van der Waals surface area contributed by atoms with E-state index >= 15 is 0 Å². The molecule has 1 heterocycles. The minimum atomic E-state index is -0.548. The molecule has 0 saturated heterocycles. The third-order valence-corrected chi connectivity index (χ3v) is 3.35. The van der Waals surface area contributed by atoms with Crippen LogP contribution in [-0.4, -0.2) is 11.0 Å². The SMILES string of the molecule is NC(=O)N(c1ccccc1)c1ncc(Br)s1. The van der Waals surface area contributed by atoms with Crippen LogP contribution in [0.1, 0.15) is 0 Å². The number of para-hydroxylation sites is 1. The summed E-state index contributed by atoms with van der Waals surface area (Å²) in [5, 5.41) is 0.547. The smallest absolute Gasteiger partial charge is 0.325 e. The Morgan fingerprint density at radius 3 is 2.56 bits per heavy atom. The van der Waals surface area contributed by atoms with Crippen LogP contribution in [0, 0.1) is 0 Å². The Bertz CT molecular complexity index is 500. The zero-order valence-corrected chi connectivity index (χ0v) is 10.5. The second-order valence-corrected chi connectivity index (χ2v) is 5.34. The molecule has 2 aromatic rings. The van der Waals surface area contributed by atoms with E-state index in [4.69, 9.17) is 5.73 Å². The third kappa shape index (κ3) is 2.23. The van der Waals surface area contributed by atoms with Gasteiger partial charge >= 0.3 is 6.03 Å². The maximum absolute atomic E-state index is 11.4. The lowest BCUT2D eigenvalue weighted by molar-refractivity contribution is 0.256. The van der Waals surface area contributed by atoms with Crippen LogP contribution in [0.2, 0.25) is 0 Å². The summed E-state index contributed by atoms with van der Waals surface area (Å²) in [6.07, 6.45) is 1.64. The van der Waals surface area contributed by atoms with Crippen molar-refractivity contribution in [3.05, 3.63) is 40.3 Å². The van der Waals surface area contributed by atoms with Gasteiger partial charge in [-0.25, -0.2) is 14.7 Å². The first-order valence-electron chi connectivity index (χ1n) is 4.44. The summed E-state index contributed by atoms with van der Waals surface area (Å²) in [7, 11) is 0. The van der Waals surface area contributed by atoms with E-state index in [1.165, 1.54) is 16.2 Å². The number of urea groups is 1. The van der Waals surface area contributed by atoms with Crippen molar-refractivity contribution in [3.63, 3.8) is 0 Å². The minimum Gasteiger partial charge on any atom is -0.351 e. The Balaban J connectivity index is 2.43. The maximum Gasteiger partial charge on any atom is 0.325 e. The fourth-order valence-electron chi connectivity index (χ4n) is 1.26. The number of thiazole rings is 1. The summed E-state index contributed by atoms with van der Waals surface area (Å²) in [5.41, 5.74) is 6.05. The predicted octanol–water partition coefficient (Wildman–Crippen LogP) is 3.12. The zero-order valence-electron chi connectivity index (χ0n) is 8.13. The molecule has 1 aromatic carbocycles. The molecule has 0 atom stereocenters. The summed E-state index contributed by atoms with van der Waals surface area (Å²) in [6.45, 7) is 0. The Morgan fingerprint density at radius 1 is 1.38 bits per heavy atom. The van der Waals surface area contributed by atoms with Gasteiger partial charge in [-0.3, -0.25) is 0 Å². The first-order chi connectivity index (χ1) is 7.68. The molecule has 0 radical (unpaired) electrons. The molecule has 2 rings (SSSR count). The van der Waals surface area contributed by atoms with Crippen LogP contribution in [0.15, 0.2) is 40.3 Å². The van der Waals surface area contributed by atoms with E-state index < -0.39 is 6.03 Å². The number of nitrogens with zero attached hydrogens (tertiary/aromatic N) is 2. The van der Waals surface area contributed by atoms with Crippen molar-refractivity contribution < 1.29 is 4.79 Å². The number of primary amides is 1. The summed E-state index contributed by atoms with van der Waals surface area (Å²) >= 11 is 4.65. The maximum atomic E-state index is 11.4. The molecular weight excluding hydrogens is 290 g/mol. The number of hydrogen-bond acceptors (Lipinski definition) is 3. The summed E-state index contributed by atoms with van der Waals surface area (Å²) < 4.78 is 0.852. The Hall–Kier alpha value is -1.40. The van der Waals surface area contributed by atoms with Crippen LogP contribution in [0.5, 0.6) is 0 Å². The lowest BCUT2D eigenvalue weighted by Gasteiger charge is -2.16. The van der Waals surface area contributed by atoms with Crippen molar-refractivity contribution in [1.29, 1.82) is 0 Å². The molecule has 0 aliphatic heterocycles. The molecule has 2 N–H and O–H groups in total. The van der Waals surface area contributed by atoms with Gasteiger partial charge in [0.25, 0.3) is 0 Å². The van der Waals surface area contributed by atoms with Crippen molar-refractivity contribution in [2.45, 2.75) is 0 Å². The van der Waals surface area contributed by atoms with Gasteiger partial charge in [0.15, 0.2) is 5.13 Å². The van der Waals surface area contributed by atoms with E-state index in [1.807, 2.05) is 18.2 Å². The monoisotopic (exact) mass is 297 g/mol. The summed E-state index contributed by atoms with van der Waals surface area (Å²) in [6, 6.07) is 8.62. The number of benzene rings is 1. The second-order valence-electron chi connectivity index (χ2n) is 2.96. The van der Waals surface area contributed by atoms with Crippen molar-refractivity contribution in [2.75, 3.05) is 4.90 Å². The highest BCUT2D eigenvalue weighted by atomic mass is 79.9. The Kier molecular flexibility index (Phi) is 3.21. The topological polar surface area (TPSA) is 59.2 Å². The first kappa shape index (κ1) is 11.1. The highest BCUT2D eigenvalue weighted by Gasteiger charge is 2.17. The predicted molar refractivity (Wildman–Crippen MR) is 68.0 cm³/mol. The molecule has 0 aliphatic carbocycles. The normalized spacial score (nSPS) is 10.1. The zero-order chi connectivity index (χ0) is 11.5. The molecule has 1 aromatic heterocycles. The fourth-order valence-corrected chi connectivity index (χ4v) is 2.47. The van der Waals surface area contributed by atoms with Crippen molar-refractivity contribution in [3.8, 4) is 0 Å². The Labute approximate surface area is 105 Å². The molecule has 2 amide bonds. The van der Waals surface area contributed by atoms with Gasteiger partial charge < -0.3 is 5.73 Å². The van der Waals surface area contributed by atoms with Gasteiger partial charge in [-0.2, -0.15) is 0 Å². The number of carbonyl (C=O) groups excluding carboxylic acids is 1. The van der Waals surface area contributed by atoms with Gasteiger partial charge in [0.2, 0.25) is 0 Å². The molecule has 0 saturated carbocycles. The molecule has 82 valence electrons. The molecule has 6 heteroatoms. The average Bonchev–Trinajstić information content (AvgIpc) is 2.66. The van der Waals surface area contributed by atoms with Gasteiger partial charge in [-0.15, -0.1) is 0 Å². The van der Waals surface area contributed by atoms with Crippen LogP contribution >= 0.6 is 27.3 Å². The third-order valence-electron chi connectivity index (χ3n) is 1.89. The van der Waals surface area contributed by atoms with Gasteiger partial charge in [-0.05, 0) is 28.1 Å². The average molecular weight is 298 g/mol. The molecule has 0 bridgehead atoms. The number of hydrogen-bond donors (Lipinski definition) is 1. The molecule has 0 unspecified atom stereocenters. The van der Waals surface area contributed by atoms with Crippen LogP contribution < -0.4 is 10.6 Å². The minimum absolute atomic E-state index is 0.547. The quantitative estimate of drug-likeness (QED) is 0.926. The van der Waals surface area contributed by atoms with E-state index in [0.29, 0.717) is 10.8 Å². The van der Waals surface area contributed by atoms with Gasteiger partial charge in [0.05, 0.1) is 15.7 Å². The van der Waals surface area contributed by atoms with Gasteiger partial charge in [0, 0.05) is 0 Å². The fraction of sp³-hybridized carbons (Fsp3) is 0. The van der Waals surface area contributed by atoms with Crippen molar-refractivity contribution >= 4 is 44.1 Å². The molecule has 0 fully saturated rings. The lowest BCUT2D eigenvalue weighted by atomic mass is 10.3. The number of nitrogens with two attached hydrogens (primary N) is 1. The van der Waals surface area contributed by atoms with Crippen molar-refractivity contribution in [1.82, 2.24) is 4.98 Å². The molecular formula is C10H8BrN3OS. The number of rotatable bonds is 2. The van der Waals surface area contributed by atoms with Crippen molar-refractivity contribution in [2.24, 2.45) is 5.73 Å². The number of anilines is 2.